The van der Waals surface area contributed by atoms with Crippen LogP contribution in [0.2, 0.25) is 0 Å². The number of hydrogen-bond donors (Lipinski definition) is 2. The fraction of sp³-hybridized carbons (Fsp3) is 0.136. The van der Waals surface area contributed by atoms with Crippen molar-refractivity contribution in [2.75, 3.05) is 11.1 Å². The summed E-state index contributed by atoms with van der Waals surface area (Å²) >= 11 is 1.29. The van der Waals surface area contributed by atoms with Gasteiger partial charge < -0.3 is 9.51 Å². The number of thioether (sulfide) groups is 1. The minimum atomic E-state index is -0.272. The van der Waals surface area contributed by atoms with Gasteiger partial charge in [-0.15, -0.1) is 10.2 Å². The molecule has 0 aliphatic carbocycles. The van der Waals surface area contributed by atoms with Crippen molar-refractivity contribution in [3.8, 4) is 17.1 Å². The summed E-state index contributed by atoms with van der Waals surface area (Å²) in [7, 11) is 0. The number of fused-ring (bicyclic) bond motifs is 1. The van der Waals surface area contributed by atoms with E-state index in [2.05, 4.69) is 30.6 Å². The predicted molar refractivity (Wildman–Crippen MR) is 122 cm³/mol. The standard InChI is InChI=1S/C22H19N7O2S/c1-13-7-3-6-10-18(13)29-20(16-11-23-17-9-5-4-8-15(16)17)26-27-22(29)32-12-19(30)25-21-24-14(2)28-31-21/h3-11,23H,12H2,1-2H3,(H,24,25,28,30). The minimum absolute atomic E-state index is 0.0768. The Morgan fingerprint density at radius 3 is 2.75 bits per heavy atom. The van der Waals surface area contributed by atoms with Crippen LogP contribution in [0.1, 0.15) is 11.4 Å². The van der Waals surface area contributed by atoms with E-state index in [1.54, 1.807) is 6.92 Å². The van der Waals surface area contributed by atoms with Crippen LogP contribution in [0.5, 0.6) is 0 Å². The first kappa shape index (κ1) is 20.0. The van der Waals surface area contributed by atoms with Crippen LogP contribution >= 0.6 is 11.8 Å². The number of nitrogens with zero attached hydrogens (tertiary/aromatic N) is 5. The highest BCUT2D eigenvalue weighted by molar-refractivity contribution is 7.99. The molecule has 10 heteroatoms. The number of aryl methyl sites for hydroxylation is 2. The minimum Gasteiger partial charge on any atom is -0.360 e. The molecule has 9 nitrogen and oxygen atoms in total. The van der Waals surface area contributed by atoms with E-state index in [-0.39, 0.29) is 17.7 Å². The zero-order valence-electron chi connectivity index (χ0n) is 17.4. The molecule has 3 aromatic heterocycles. The van der Waals surface area contributed by atoms with Gasteiger partial charge in [-0.05, 0) is 31.5 Å². The molecule has 0 atom stereocenters. The van der Waals surface area contributed by atoms with E-state index in [0.717, 1.165) is 27.7 Å². The topological polar surface area (TPSA) is 115 Å². The number of aromatic nitrogens is 6. The van der Waals surface area contributed by atoms with Gasteiger partial charge in [-0.1, -0.05) is 53.3 Å². The van der Waals surface area contributed by atoms with Gasteiger partial charge in [-0.2, -0.15) is 4.98 Å². The van der Waals surface area contributed by atoms with E-state index in [9.17, 15) is 4.79 Å². The van der Waals surface area contributed by atoms with Crippen molar-refractivity contribution in [3.63, 3.8) is 0 Å². The Labute approximate surface area is 187 Å². The third-order valence-corrected chi connectivity index (χ3v) is 5.86. The highest BCUT2D eigenvalue weighted by Gasteiger charge is 2.21. The summed E-state index contributed by atoms with van der Waals surface area (Å²) in [5.74, 6) is 0.994. The van der Waals surface area contributed by atoms with Crippen LogP contribution in [0.25, 0.3) is 28.0 Å². The quantitative estimate of drug-likeness (QED) is 0.377. The number of H-pyrrole nitrogens is 1. The smallest absolute Gasteiger partial charge is 0.328 e. The number of para-hydroxylation sites is 2. The number of amides is 1. The summed E-state index contributed by atoms with van der Waals surface area (Å²) in [6.45, 7) is 3.72. The highest BCUT2D eigenvalue weighted by Crippen LogP contribution is 2.33. The predicted octanol–water partition coefficient (Wildman–Crippen LogP) is 4.15. The number of nitrogens with one attached hydrogen (secondary N) is 2. The Morgan fingerprint density at radius 2 is 1.94 bits per heavy atom. The maximum Gasteiger partial charge on any atom is 0.328 e. The van der Waals surface area contributed by atoms with Crippen LogP contribution < -0.4 is 5.32 Å². The third-order valence-electron chi connectivity index (χ3n) is 4.93. The Balaban J connectivity index is 1.50. The average molecular weight is 446 g/mol. The van der Waals surface area contributed by atoms with Gasteiger partial charge in [-0.3, -0.25) is 14.7 Å². The van der Waals surface area contributed by atoms with Crippen molar-refractivity contribution >= 4 is 34.6 Å². The molecule has 0 saturated heterocycles. The molecule has 0 unspecified atom stereocenters. The lowest BCUT2D eigenvalue weighted by atomic mass is 10.1. The second kappa shape index (κ2) is 8.31. The summed E-state index contributed by atoms with van der Waals surface area (Å²) in [5.41, 5.74) is 3.98. The summed E-state index contributed by atoms with van der Waals surface area (Å²) in [4.78, 5) is 19.7. The van der Waals surface area contributed by atoms with Gasteiger partial charge in [0.15, 0.2) is 16.8 Å². The summed E-state index contributed by atoms with van der Waals surface area (Å²) < 4.78 is 6.94. The zero-order valence-corrected chi connectivity index (χ0v) is 18.2. The molecule has 2 aromatic carbocycles. The number of rotatable bonds is 6. The molecule has 0 spiro atoms. The highest BCUT2D eigenvalue weighted by atomic mass is 32.2. The SMILES string of the molecule is Cc1noc(NC(=O)CSc2nnc(-c3c[nH]c4ccccc34)n2-c2ccccc2C)n1. The molecular weight excluding hydrogens is 426 g/mol. The first-order chi connectivity index (χ1) is 15.6. The van der Waals surface area contributed by atoms with Gasteiger partial charge in [0.05, 0.1) is 11.4 Å². The van der Waals surface area contributed by atoms with E-state index >= 15 is 0 Å². The van der Waals surface area contributed by atoms with E-state index in [0.29, 0.717) is 16.8 Å². The molecule has 5 aromatic rings. The largest absolute Gasteiger partial charge is 0.360 e. The normalized spacial score (nSPS) is 11.2. The number of benzene rings is 2. The Bertz CT molecular complexity index is 1420. The van der Waals surface area contributed by atoms with Gasteiger partial charge in [0.25, 0.3) is 0 Å². The molecule has 0 fully saturated rings. The second-order valence-electron chi connectivity index (χ2n) is 7.16. The van der Waals surface area contributed by atoms with Crippen molar-refractivity contribution in [1.29, 1.82) is 0 Å². The second-order valence-corrected chi connectivity index (χ2v) is 8.10. The zero-order chi connectivity index (χ0) is 22.1. The average Bonchev–Trinajstić information content (AvgIpc) is 3.50. The van der Waals surface area contributed by atoms with Crippen molar-refractivity contribution in [2.45, 2.75) is 19.0 Å². The molecule has 1 amide bonds. The molecular formula is C22H19N7O2S. The number of aromatic amines is 1. The Morgan fingerprint density at radius 1 is 1.12 bits per heavy atom. The van der Waals surface area contributed by atoms with Crippen LogP contribution in [0.4, 0.5) is 6.01 Å². The summed E-state index contributed by atoms with van der Waals surface area (Å²) in [6, 6.07) is 16.1. The van der Waals surface area contributed by atoms with Crippen molar-refractivity contribution in [1.82, 2.24) is 29.9 Å². The molecule has 3 heterocycles. The molecule has 0 aliphatic rings. The Hall–Kier alpha value is -3.92. The lowest BCUT2D eigenvalue weighted by molar-refractivity contribution is -0.114. The van der Waals surface area contributed by atoms with Gasteiger partial charge in [0.1, 0.15) is 0 Å². The molecule has 32 heavy (non-hydrogen) atoms. The summed E-state index contributed by atoms with van der Waals surface area (Å²) in [5, 5.41) is 16.8. The van der Waals surface area contributed by atoms with Crippen LogP contribution in [0.3, 0.4) is 0 Å². The van der Waals surface area contributed by atoms with Crippen LogP contribution in [0.15, 0.2) is 64.4 Å². The van der Waals surface area contributed by atoms with E-state index in [1.165, 1.54) is 11.8 Å². The lowest BCUT2D eigenvalue weighted by Gasteiger charge is -2.12. The molecule has 5 rings (SSSR count). The molecule has 2 N–H and O–H groups in total. The van der Waals surface area contributed by atoms with Gasteiger partial charge >= 0.3 is 6.01 Å². The first-order valence-corrected chi connectivity index (χ1v) is 10.9. The number of hydrogen-bond acceptors (Lipinski definition) is 7. The fourth-order valence-corrected chi connectivity index (χ4v) is 4.20. The number of carbonyl (C=O) groups excluding carboxylic acids is 1. The van der Waals surface area contributed by atoms with Gasteiger partial charge in [0.2, 0.25) is 5.91 Å². The molecule has 160 valence electrons. The van der Waals surface area contributed by atoms with Crippen LogP contribution in [-0.2, 0) is 4.79 Å². The fourth-order valence-electron chi connectivity index (χ4n) is 3.46. The molecule has 0 aliphatic heterocycles. The third kappa shape index (κ3) is 3.76. The van der Waals surface area contributed by atoms with Gasteiger partial charge in [-0.25, -0.2) is 0 Å². The maximum atomic E-state index is 12.4. The molecule has 0 radical (unpaired) electrons. The van der Waals surface area contributed by atoms with E-state index in [4.69, 9.17) is 4.52 Å². The molecule has 0 bridgehead atoms. The number of anilines is 1. The van der Waals surface area contributed by atoms with Crippen LogP contribution in [0, 0.1) is 13.8 Å². The van der Waals surface area contributed by atoms with Crippen LogP contribution in [-0.4, -0.2) is 41.5 Å². The van der Waals surface area contributed by atoms with E-state index < -0.39 is 0 Å². The first-order valence-electron chi connectivity index (χ1n) is 9.91. The van der Waals surface area contributed by atoms with Crippen molar-refractivity contribution in [2.24, 2.45) is 0 Å². The Kier molecular flexibility index (Phi) is 5.20. The number of carbonyl (C=O) groups is 1. The van der Waals surface area contributed by atoms with Crippen molar-refractivity contribution < 1.29 is 9.32 Å². The van der Waals surface area contributed by atoms with Gasteiger partial charge in [0, 0.05) is 22.7 Å². The van der Waals surface area contributed by atoms with Crippen molar-refractivity contribution in [3.05, 3.63) is 66.1 Å². The van der Waals surface area contributed by atoms with E-state index in [1.807, 2.05) is 66.2 Å². The monoisotopic (exact) mass is 445 g/mol. The lowest BCUT2D eigenvalue weighted by Crippen LogP contribution is -2.15. The summed E-state index contributed by atoms with van der Waals surface area (Å²) in [6.07, 6.45) is 1.93. The maximum absolute atomic E-state index is 12.4. The molecule has 0 saturated carbocycles.